The summed E-state index contributed by atoms with van der Waals surface area (Å²) in [5, 5.41) is 10.6. The van der Waals surface area contributed by atoms with E-state index in [0.717, 1.165) is 23.4 Å². The van der Waals surface area contributed by atoms with Crippen LogP contribution >= 0.6 is 0 Å². The lowest BCUT2D eigenvalue weighted by Crippen LogP contribution is -2.23. The minimum atomic E-state index is -3.91. The van der Waals surface area contributed by atoms with Crippen molar-refractivity contribution in [2.75, 3.05) is 11.9 Å². The van der Waals surface area contributed by atoms with Crippen molar-refractivity contribution in [3.05, 3.63) is 64.2 Å². The molecule has 8 heteroatoms. The highest BCUT2D eigenvalue weighted by Gasteiger charge is 2.25. The van der Waals surface area contributed by atoms with Crippen molar-refractivity contribution in [3.8, 4) is 0 Å². The molecule has 0 fully saturated rings. The van der Waals surface area contributed by atoms with Gasteiger partial charge in [-0.2, -0.15) is 8.42 Å². The molecule has 0 saturated heterocycles. The first kappa shape index (κ1) is 15.2. The van der Waals surface area contributed by atoms with Crippen LogP contribution in [0.5, 0.6) is 0 Å². The molecular formula is C15H13N3O4S. The first-order valence-electron chi connectivity index (χ1n) is 6.78. The summed E-state index contributed by atoms with van der Waals surface area (Å²) in [6.45, 7) is 0. The second kappa shape index (κ2) is 5.47. The molecule has 0 N–H and O–H groups in total. The molecule has 0 spiro atoms. The first-order chi connectivity index (χ1) is 10.9. The van der Waals surface area contributed by atoms with Crippen molar-refractivity contribution in [3.63, 3.8) is 0 Å². The van der Waals surface area contributed by atoms with Crippen LogP contribution in [0.2, 0.25) is 0 Å². The fraction of sp³-hybridized carbons (Fsp3) is 0.133. The van der Waals surface area contributed by atoms with Gasteiger partial charge in [-0.15, -0.1) is 4.40 Å². The van der Waals surface area contributed by atoms with E-state index in [9.17, 15) is 18.5 Å². The van der Waals surface area contributed by atoms with Crippen LogP contribution in [0.4, 0.5) is 11.4 Å². The van der Waals surface area contributed by atoms with Gasteiger partial charge in [0.2, 0.25) is 0 Å². The molecule has 2 aromatic carbocycles. The summed E-state index contributed by atoms with van der Waals surface area (Å²) >= 11 is 0. The van der Waals surface area contributed by atoms with Crippen LogP contribution in [0.15, 0.2) is 57.8 Å². The molecule has 0 radical (unpaired) electrons. The van der Waals surface area contributed by atoms with Crippen LogP contribution in [-0.2, 0) is 16.4 Å². The second-order valence-electron chi connectivity index (χ2n) is 5.10. The second-order valence-corrected chi connectivity index (χ2v) is 6.70. The fourth-order valence-corrected chi connectivity index (χ4v) is 3.49. The summed E-state index contributed by atoms with van der Waals surface area (Å²) in [7, 11) is -2.15. The van der Waals surface area contributed by atoms with Crippen molar-refractivity contribution in [1.82, 2.24) is 0 Å². The number of para-hydroxylation sites is 1. The van der Waals surface area contributed by atoms with Crippen LogP contribution in [0.3, 0.4) is 0 Å². The van der Waals surface area contributed by atoms with Gasteiger partial charge in [0.25, 0.3) is 15.7 Å². The molecule has 0 atom stereocenters. The lowest BCUT2D eigenvalue weighted by atomic mass is 10.2. The molecule has 0 aliphatic carbocycles. The Bertz CT molecular complexity index is 905. The largest absolute Gasteiger partial charge is 0.332 e. The molecule has 118 valence electrons. The minimum absolute atomic E-state index is 0.0695. The van der Waals surface area contributed by atoms with E-state index in [1.807, 2.05) is 24.3 Å². The van der Waals surface area contributed by atoms with Gasteiger partial charge in [-0.3, -0.25) is 10.1 Å². The van der Waals surface area contributed by atoms with E-state index in [1.54, 1.807) is 11.9 Å². The highest BCUT2D eigenvalue weighted by molar-refractivity contribution is 7.90. The number of amidine groups is 1. The number of nitro benzene ring substituents is 1. The molecule has 0 aromatic heterocycles. The van der Waals surface area contributed by atoms with Crippen LogP contribution < -0.4 is 4.90 Å². The van der Waals surface area contributed by atoms with E-state index in [0.29, 0.717) is 12.3 Å². The van der Waals surface area contributed by atoms with Crippen molar-refractivity contribution in [1.29, 1.82) is 0 Å². The van der Waals surface area contributed by atoms with E-state index < -0.39 is 14.9 Å². The predicted molar refractivity (Wildman–Crippen MR) is 86.3 cm³/mol. The molecule has 1 aliphatic heterocycles. The van der Waals surface area contributed by atoms with Crippen LogP contribution in [0.25, 0.3) is 0 Å². The summed E-state index contributed by atoms with van der Waals surface area (Å²) < 4.78 is 28.7. The summed E-state index contributed by atoms with van der Waals surface area (Å²) in [5.41, 5.74) is 1.76. The Hall–Kier alpha value is -2.74. The van der Waals surface area contributed by atoms with Crippen LogP contribution in [-0.4, -0.2) is 26.2 Å². The number of anilines is 1. The molecule has 1 aliphatic rings. The third kappa shape index (κ3) is 2.80. The van der Waals surface area contributed by atoms with Gasteiger partial charge in [-0.25, -0.2) is 0 Å². The molecule has 2 aromatic rings. The highest BCUT2D eigenvalue weighted by Crippen LogP contribution is 2.28. The van der Waals surface area contributed by atoms with Gasteiger partial charge in [0.1, 0.15) is 5.84 Å². The molecule has 23 heavy (non-hydrogen) atoms. The normalized spacial score (nSPS) is 15.7. The van der Waals surface area contributed by atoms with Gasteiger partial charge in [0.15, 0.2) is 0 Å². The number of non-ortho nitro benzene ring substituents is 1. The van der Waals surface area contributed by atoms with Gasteiger partial charge in [-0.05, 0) is 23.8 Å². The number of nitrogens with zero attached hydrogens (tertiary/aromatic N) is 3. The van der Waals surface area contributed by atoms with Gasteiger partial charge >= 0.3 is 0 Å². The zero-order valence-corrected chi connectivity index (χ0v) is 13.0. The molecule has 0 amide bonds. The number of rotatable bonds is 3. The quantitative estimate of drug-likeness (QED) is 0.636. The number of nitro groups is 1. The monoisotopic (exact) mass is 331 g/mol. The smallest absolute Gasteiger partial charge is 0.283 e. The molecule has 1 heterocycles. The van der Waals surface area contributed by atoms with Crippen molar-refractivity contribution >= 4 is 27.2 Å². The zero-order valence-electron chi connectivity index (χ0n) is 12.2. The summed E-state index contributed by atoms with van der Waals surface area (Å²) in [5.74, 6) is 0.421. The number of benzene rings is 2. The Morgan fingerprint density at radius 3 is 2.39 bits per heavy atom. The van der Waals surface area contributed by atoms with E-state index in [4.69, 9.17) is 0 Å². The molecule has 0 bridgehead atoms. The SMILES string of the molecule is CN1/C(=N/S(=O)(=O)c2ccc([N+](=O)[O-])cc2)Cc2ccccc21. The van der Waals surface area contributed by atoms with Crippen molar-refractivity contribution in [2.24, 2.45) is 4.40 Å². The van der Waals surface area contributed by atoms with Crippen molar-refractivity contribution in [2.45, 2.75) is 11.3 Å². The molecule has 3 rings (SSSR count). The average molecular weight is 331 g/mol. The number of likely N-dealkylation sites (N-methyl/N-ethyl adjacent to an activating group) is 1. The molecule has 7 nitrogen and oxygen atoms in total. The third-order valence-corrected chi connectivity index (χ3v) is 4.98. The highest BCUT2D eigenvalue weighted by atomic mass is 32.2. The standard InChI is InChI=1S/C15H13N3O4S/c1-17-14-5-3-2-4-11(14)10-15(17)16-23(21,22)13-8-6-12(7-9-13)18(19)20/h2-9H,10H2,1H3/b16-15+. The van der Waals surface area contributed by atoms with Gasteiger partial charge < -0.3 is 4.90 Å². The van der Waals surface area contributed by atoms with Gasteiger partial charge in [0, 0.05) is 31.3 Å². The lowest BCUT2D eigenvalue weighted by molar-refractivity contribution is -0.384. The third-order valence-electron chi connectivity index (χ3n) is 3.66. The summed E-state index contributed by atoms with van der Waals surface area (Å²) in [4.78, 5) is 11.7. The number of sulfonamides is 1. The predicted octanol–water partition coefficient (Wildman–Crippen LogP) is 2.37. The Balaban J connectivity index is 1.94. The topological polar surface area (TPSA) is 92.9 Å². The van der Waals surface area contributed by atoms with E-state index in [1.165, 1.54) is 12.1 Å². The maximum absolute atomic E-state index is 12.4. The molecular weight excluding hydrogens is 318 g/mol. The van der Waals surface area contributed by atoms with E-state index in [-0.39, 0.29) is 10.6 Å². The number of fused-ring (bicyclic) bond motifs is 1. The summed E-state index contributed by atoms with van der Waals surface area (Å²) in [6.07, 6.45) is 0.429. The molecule has 0 saturated carbocycles. The Kier molecular flexibility index (Phi) is 3.61. The first-order valence-corrected chi connectivity index (χ1v) is 8.22. The number of hydrogen-bond donors (Lipinski definition) is 0. The molecule has 0 unspecified atom stereocenters. The average Bonchev–Trinajstić information content (AvgIpc) is 2.83. The van der Waals surface area contributed by atoms with Gasteiger partial charge in [-0.1, -0.05) is 18.2 Å². The van der Waals surface area contributed by atoms with Crippen LogP contribution in [0.1, 0.15) is 5.56 Å². The number of hydrogen-bond acceptors (Lipinski definition) is 4. The van der Waals surface area contributed by atoms with E-state index in [2.05, 4.69) is 4.40 Å². The van der Waals surface area contributed by atoms with Crippen molar-refractivity contribution < 1.29 is 13.3 Å². The zero-order chi connectivity index (χ0) is 16.6. The fourth-order valence-electron chi connectivity index (χ4n) is 2.44. The Labute approximate surface area is 133 Å². The van der Waals surface area contributed by atoms with E-state index >= 15 is 0 Å². The maximum atomic E-state index is 12.4. The Morgan fingerprint density at radius 2 is 1.78 bits per heavy atom. The maximum Gasteiger partial charge on any atom is 0.283 e. The minimum Gasteiger partial charge on any atom is -0.332 e. The Morgan fingerprint density at radius 1 is 1.13 bits per heavy atom. The lowest BCUT2D eigenvalue weighted by Gasteiger charge is -2.13. The van der Waals surface area contributed by atoms with Gasteiger partial charge in [0.05, 0.1) is 9.82 Å². The van der Waals surface area contributed by atoms with Crippen LogP contribution in [0, 0.1) is 10.1 Å². The summed E-state index contributed by atoms with van der Waals surface area (Å²) in [6, 6.07) is 12.3.